The summed E-state index contributed by atoms with van der Waals surface area (Å²) in [6, 6.07) is 18.8. The number of halogens is 5. The number of carbonyl (C=O) groups is 1. The van der Waals surface area contributed by atoms with Crippen molar-refractivity contribution in [1.82, 2.24) is 14.8 Å². The molecule has 0 aliphatic rings. The maximum absolute atomic E-state index is 13.5. The Kier molecular flexibility index (Phi) is 7.56. The first-order valence-corrected chi connectivity index (χ1v) is 12.0. The van der Waals surface area contributed by atoms with E-state index in [1.807, 2.05) is 30.3 Å². The summed E-state index contributed by atoms with van der Waals surface area (Å²) in [7, 11) is 0. The van der Waals surface area contributed by atoms with Crippen LogP contribution in [0, 0.1) is 5.82 Å². The van der Waals surface area contributed by atoms with Gasteiger partial charge in [-0.3, -0.25) is 9.36 Å². The quantitative estimate of drug-likeness (QED) is 0.205. The minimum atomic E-state index is -4.63. The Morgan fingerprint density at radius 3 is 2.40 bits per heavy atom. The van der Waals surface area contributed by atoms with Crippen molar-refractivity contribution >= 4 is 39.3 Å². The van der Waals surface area contributed by atoms with Crippen LogP contribution in [0.1, 0.15) is 17.0 Å². The van der Waals surface area contributed by atoms with Crippen molar-refractivity contribution in [2.75, 3.05) is 11.1 Å². The van der Waals surface area contributed by atoms with Gasteiger partial charge in [-0.2, -0.15) is 13.2 Å². The number of alkyl halides is 3. The highest BCUT2D eigenvalue weighted by Gasteiger charge is 2.34. The van der Waals surface area contributed by atoms with Crippen molar-refractivity contribution in [3.63, 3.8) is 0 Å². The number of carbonyl (C=O) groups excluding carboxylic acids is 1. The zero-order valence-electron chi connectivity index (χ0n) is 17.9. The summed E-state index contributed by atoms with van der Waals surface area (Å²) in [6.45, 7) is 0. The number of aromatic nitrogens is 3. The maximum atomic E-state index is 13.5. The van der Waals surface area contributed by atoms with Crippen molar-refractivity contribution in [1.29, 1.82) is 0 Å². The molecule has 0 spiro atoms. The Morgan fingerprint density at radius 2 is 1.71 bits per heavy atom. The number of thioether (sulfide) groups is 1. The number of hydrogen-bond donors (Lipinski definition) is 1. The fourth-order valence-corrected chi connectivity index (χ4v) is 4.44. The summed E-state index contributed by atoms with van der Waals surface area (Å²) >= 11 is 4.03. The van der Waals surface area contributed by atoms with Gasteiger partial charge in [0.1, 0.15) is 11.6 Å². The van der Waals surface area contributed by atoms with Crippen molar-refractivity contribution in [2.45, 2.75) is 17.8 Å². The van der Waals surface area contributed by atoms with Crippen LogP contribution < -0.4 is 5.32 Å². The first kappa shape index (κ1) is 24.9. The van der Waals surface area contributed by atoms with Crippen LogP contribution >= 0.6 is 27.7 Å². The van der Waals surface area contributed by atoms with Crippen LogP contribution in [-0.2, 0) is 17.4 Å². The van der Waals surface area contributed by atoms with Crippen LogP contribution in [0.25, 0.3) is 5.69 Å². The Hall–Kier alpha value is -3.18. The minimum absolute atomic E-state index is 0.210. The third-order valence-corrected chi connectivity index (χ3v) is 6.31. The first-order chi connectivity index (χ1) is 16.7. The molecule has 0 fully saturated rings. The van der Waals surface area contributed by atoms with Crippen LogP contribution in [0.15, 0.2) is 82.4 Å². The van der Waals surface area contributed by atoms with Gasteiger partial charge in [0.2, 0.25) is 5.91 Å². The second kappa shape index (κ2) is 10.6. The molecule has 0 saturated heterocycles. The van der Waals surface area contributed by atoms with E-state index in [-0.39, 0.29) is 15.9 Å². The van der Waals surface area contributed by atoms with E-state index in [4.69, 9.17) is 0 Å². The summed E-state index contributed by atoms with van der Waals surface area (Å²) in [4.78, 5) is 12.5. The number of nitrogens with one attached hydrogen (secondary N) is 1. The summed E-state index contributed by atoms with van der Waals surface area (Å²) in [5, 5.41) is 11.1. The fourth-order valence-electron chi connectivity index (χ4n) is 3.31. The zero-order valence-corrected chi connectivity index (χ0v) is 20.3. The molecule has 1 heterocycles. The molecule has 180 valence electrons. The van der Waals surface area contributed by atoms with E-state index in [0.717, 1.165) is 23.4 Å². The lowest BCUT2D eigenvalue weighted by Gasteiger charge is -2.14. The standard InChI is InChI=1S/C24H17BrF4N4OS/c25-16-6-11-20(19(13-16)24(27,28)29)30-22(34)14-35-23-32-31-21(12-15-4-2-1-3-5-15)33(23)18-9-7-17(26)8-10-18/h1-11,13H,12,14H2,(H,30,34). The molecule has 4 aromatic rings. The Morgan fingerprint density at radius 1 is 1.00 bits per heavy atom. The molecule has 0 unspecified atom stereocenters. The first-order valence-electron chi connectivity index (χ1n) is 10.2. The molecule has 1 N–H and O–H groups in total. The average Bonchev–Trinajstić information content (AvgIpc) is 3.21. The lowest BCUT2D eigenvalue weighted by atomic mass is 10.1. The molecule has 1 aromatic heterocycles. The molecule has 5 nitrogen and oxygen atoms in total. The monoisotopic (exact) mass is 564 g/mol. The van der Waals surface area contributed by atoms with Crippen molar-refractivity contribution in [3.05, 3.63) is 100 Å². The fraction of sp³-hybridized carbons (Fsp3) is 0.125. The Balaban J connectivity index is 1.56. The summed E-state index contributed by atoms with van der Waals surface area (Å²) in [5.74, 6) is -0.688. The molecule has 0 aliphatic heterocycles. The van der Waals surface area contributed by atoms with E-state index < -0.39 is 23.5 Å². The number of anilines is 1. The van der Waals surface area contributed by atoms with Gasteiger partial charge in [-0.15, -0.1) is 10.2 Å². The summed E-state index contributed by atoms with van der Waals surface area (Å²) in [6.07, 6.45) is -4.19. The van der Waals surface area contributed by atoms with Crippen LogP contribution in [0.3, 0.4) is 0 Å². The number of benzene rings is 3. The molecule has 11 heteroatoms. The summed E-state index contributed by atoms with van der Waals surface area (Å²) in [5.41, 5.74) is 0.283. The topological polar surface area (TPSA) is 59.8 Å². The normalized spacial score (nSPS) is 11.5. The van der Waals surface area contributed by atoms with Crippen LogP contribution in [-0.4, -0.2) is 26.4 Å². The van der Waals surface area contributed by atoms with Crippen molar-refractivity contribution in [2.24, 2.45) is 0 Å². The smallest absolute Gasteiger partial charge is 0.325 e. The number of amides is 1. The van der Waals surface area contributed by atoms with E-state index in [0.29, 0.717) is 23.1 Å². The number of hydrogen-bond acceptors (Lipinski definition) is 4. The lowest BCUT2D eigenvalue weighted by molar-refractivity contribution is -0.137. The van der Waals surface area contributed by atoms with E-state index in [1.54, 1.807) is 16.7 Å². The predicted molar refractivity (Wildman–Crippen MR) is 129 cm³/mol. The van der Waals surface area contributed by atoms with Gasteiger partial charge in [0.15, 0.2) is 5.16 Å². The van der Waals surface area contributed by atoms with E-state index in [1.165, 1.54) is 24.3 Å². The molecular formula is C24H17BrF4N4OS. The second-order valence-corrected chi connectivity index (χ2v) is 9.26. The molecular weight excluding hydrogens is 548 g/mol. The molecule has 0 atom stereocenters. The zero-order chi connectivity index (χ0) is 25.0. The van der Waals surface area contributed by atoms with Crippen molar-refractivity contribution in [3.8, 4) is 5.69 Å². The number of nitrogens with zero attached hydrogens (tertiary/aromatic N) is 3. The maximum Gasteiger partial charge on any atom is 0.418 e. The van der Waals surface area contributed by atoms with Gasteiger partial charge >= 0.3 is 6.18 Å². The molecule has 0 aliphatic carbocycles. The average molecular weight is 565 g/mol. The SMILES string of the molecule is O=C(CSc1nnc(Cc2ccccc2)n1-c1ccc(F)cc1)Nc1ccc(Br)cc1C(F)(F)F. The van der Waals surface area contributed by atoms with Gasteiger partial charge in [-0.25, -0.2) is 4.39 Å². The van der Waals surface area contributed by atoms with Gasteiger partial charge in [0.05, 0.1) is 17.0 Å². The van der Waals surface area contributed by atoms with Crippen LogP contribution in [0.4, 0.5) is 23.2 Å². The van der Waals surface area contributed by atoms with Gasteiger partial charge in [0, 0.05) is 16.6 Å². The number of rotatable bonds is 7. The highest BCUT2D eigenvalue weighted by molar-refractivity contribution is 9.10. The van der Waals surface area contributed by atoms with Crippen molar-refractivity contribution < 1.29 is 22.4 Å². The molecule has 35 heavy (non-hydrogen) atoms. The lowest BCUT2D eigenvalue weighted by Crippen LogP contribution is -2.18. The Labute approximate surface area is 210 Å². The molecule has 0 radical (unpaired) electrons. The van der Waals surface area contributed by atoms with Gasteiger partial charge < -0.3 is 5.32 Å². The van der Waals surface area contributed by atoms with E-state index in [2.05, 4.69) is 31.4 Å². The third kappa shape index (κ3) is 6.29. The third-order valence-electron chi connectivity index (χ3n) is 4.88. The van der Waals surface area contributed by atoms with Gasteiger partial charge in [-0.05, 0) is 48.0 Å². The highest BCUT2D eigenvalue weighted by Crippen LogP contribution is 2.36. The van der Waals surface area contributed by atoms with Crippen LogP contribution in [0.5, 0.6) is 0 Å². The molecule has 0 saturated carbocycles. The van der Waals surface area contributed by atoms with E-state index >= 15 is 0 Å². The summed E-state index contributed by atoms with van der Waals surface area (Å²) < 4.78 is 55.5. The second-order valence-electron chi connectivity index (χ2n) is 7.40. The Bertz CT molecular complexity index is 1330. The van der Waals surface area contributed by atoms with Gasteiger partial charge in [0.25, 0.3) is 0 Å². The minimum Gasteiger partial charge on any atom is -0.325 e. The highest BCUT2D eigenvalue weighted by atomic mass is 79.9. The van der Waals surface area contributed by atoms with E-state index in [9.17, 15) is 22.4 Å². The molecule has 1 amide bonds. The van der Waals surface area contributed by atoms with Crippen LogP contribution in [0.2, 0.25) is 0 Å². The molecule has 0 bridgehead atoms. The van der Waals surface area contributed by atoms with Gasteiger partial charge in [-0.1, -0.05) is 58.0 Å². The largest absolute Gasteiger partial charge is 0.418 e. The molecule has 4 rings (SSSR count). The predicted octanol–water partition coefficient (Wildman–Crippen LogP) is 6.51. The molecule has 3 aromatic carbocycles.